The lowest BCUT2D eigenvalue weighted by atomic mass is 10.1. The number of hydrogen-bond donors (Lipinski definition) is 1. The number of hydrogen-bond acceptors (Lipinski definition) is 3. The van der Waals surface area contributed by atoms with E-state index in [9.17, 15) is 4.79 Å². The Morgan fingerprint density at radius 1 is 1.21 bits per heavy atom. The molecule has 1 aliphatic heterocycles. The van der Waals surface area contributed by atoms with E-state index in [2.05, 4.69) is 5.32 Å². The van der Waals surface area contributed by atoms with Crippen molar-refractivity contribution < 1.29 is 9.53 Å². The number of halogens is 1. The Bertz CT molecular complexity index is 654. The molecule has 1 atom stereocenters. The van der Waals surface area contributed by atoms with Crippen LogP contribution in [0.5, 0.6) is 0 Å². The van der Waals surface area contributed by atoms with Crippen LogP contribution in [-0.4, -0.2) is 5.97 Å². The summed E-state index contributed by atoms with van der Waals surface area (Å²) in [7, 11) is 0. The van der Waals surface area contributed by atoms with Gasteiger partial charge >= 0.3 is 5.97 Å². The minimum Gasteiger partial charge on any atom is -0.434 e. The fourth-order valence-corrected chi connectivity index (χ4v) is 2.27. The van der Waals surface area contributed by atoms with Crippen LogP contribution in [0, 0.1) is 6.92 Å². The van der Waals surface area contributed by atoms with E-state index in [1.807, 2.05) is 43.3 Å². The van der Waals surface area contributed by atoms with E-state index in [1.54, 1.807) is 6.07 Å². The Labute approximate surface area is 116 Å². The Hall–Kier alpha value is -2.00. The van der Waals surface area contributed by atoms with Gasteiger partial charge in [-0.2, -0.15) is 0 Å². The van der Waals surface area contributed by atoms with Crippen LogP contribution in [0.15, 0.2) is 42.5 Å². The summed E-state index contributed by atoms with van der Waals surface area (Å²) in [4.78, 5) is 11.7. The zero-order valence-electron chi connectivity index (χ0n) is 10.3. The van der Waals surface area contributed by atoms with Crippen LogP contribution >= 0.6 is 11.6 Å². The van der Waals surface area contributed by atoms with E-state index in [-0.39, 0.29) is 5.97 Å². The molecule has 96 valence electrons. The third-order valence-corrected chi connectivity index (χ3v) is 3.56. The molecule has 1 heterocycles. The van der Waals surface area contributed by atoms with Crippen molar-refractivity contribution in [2.45, 2.75) is 13.2 Å². The quantitative estimate of drug-likeness (QED) is 0.843. The molecule has 0 unspecified atom stereocenters. The summed E-state index contributed by atoms with van der Waals surface area (Å²) in [6.45, 7) is 1.94. The monoisotopic (exact) mass is 273 g/mol. The summed E-state index contributed by atoms with van der Waals surface area (Å²) in [5.41, 5.74) is 3.29. The standard InChI is InChI=1S/C15H12ClNO2/c1-9-6-7-10(8-13(9)16)17-14-11-4-2-3-5-12(11)15(18)19-14/h2-8,14,17H,1H3/t14-/m0/s1. The van der Waals surface area contributed by atoms with Crippen molar-refractivity contribution in [2.75, 3.05) is 5.32 Å². The lowest BCUT2D eigenvalue weighted by Gasteiger charge is -2.15. The van der Waals surface area contributed by atoms with Gasteiger partial charge in [0.15, 0.2) is 0 Å². The number of fused-ring (bicyclic) bond motifs is 1. The summed E-state index contributed by atoms with van der Waals surface area (Å²) in [6, 6.07) is 13.0. The predicted molar refractivity (Wildman–Crippen MR) is 74.4 cm³/mol. The van der Waals surface area contributed by atoms with Crippen LogP contribution < -0.4 is 5.32 Å². The Morgan fingerprint density at radius 2 is 2.00 bits per heavy atom. The summed E-state index contributed by atoms with van der Waals surface area (Å²) in [5.74, 6) is -0.300. The average Bonchev–Trinajstić information content (AvgIpc) is 2.72. The maximum absolute atomic E-state index is 11.7. The summed E-state index contributed by atoms with van der Waals surface area (Å²) >= 11 is 6.08. The number of rotatable bonds is 2. The second-order valence-electron chi connectivity index (χ2n) is 4.48. The van der Waals surface area contributed by atoms with Gasteiger partial charge in [-0.3, -0.25) is 0 Å². The van der Waals surface area contributed by atoms with Crippen molar-refractivity contribution in [3.05, 3.63) is 64.2 Å². The number of cyclic esters (lactones) is 1. The smallest absolute Gasteiger partial charge is 0.340 e. The Kier molecular flexibility index (Phi) is 2.91. The molecule has 3 rings (SSSR count). The normalized spacial score (nSPS) is 16.9. The van der Waals surface area contributed by atoms with E-state index in [0.29, 0.717) is 10.6 Å². The Morgan fingerprint density at radius 3 is 2.79 bits per heavy atom. The van der Waals surface area contributed by atoms with Gasteiger partial charge < -0.3 is 10.1 Å². The molecule has 3 nitrogen and oxygen atoms in total. The van der Waals surface area contributed by atoms with Crippen LogP contribution in [0.25, 0.3) is 0 Å². The minimum atomic E-state index is -0.456. The number of esters is 1. The van der Waals surface area contributed by atoms with Crippen molar-refractivity contribution in [3.63, 3.8) is 0 Å². The molecule has 0 spiro atoms. The van der Waals surface area contributed by atoms with Crippen molar-refractivity contribution in [3.8, 4) is 0 Å². The highest BCUT2D eigenvalue weighted by molar-refractivity contribution is 6.31. The molecule has 0 aliphatic carbocycles. The van der Waals surface area contributed by atoms with Crippen molar-refractivity contribution >= 4 is 23.3 Å². The fourth-order valence-electron chi connectivity index (χ4n) is 2.09. The van der Waals surface area contributed by atoms with Gasteiger partial charge in [-0.15, -0.1) is 0 Å². The van der Waals surface area contributed by atoms with Crippen molar-refractivity contribution in [1.29, 1.82) is 0 Å². The maximum atomic E-state index is 11.7. The van der Waals surface area contributed by atoms with Gasteiger partial charge in [-0.05, 0) is 30.7 Å². The van der Waals surface area contributed by atoms with Gasteiger partial charge in [0.2, 0.25) is 6.23 Å². The molecule has 2 aromatic rings. The highest BCUT2D eigenvalue weighted by Crippen LogP contribution is 2.32. The van der Waals surface area contributed by atoms with Crippen LogP contribution in [0.4, 0.5) is 5.69 Å². The molecule has 19 heavy (non-hydrogen) atoms. The van der Waals surface area contributed by atoms with Crippen LogP contribution in [0.2, 0.25) is 5.02 Å². The van der Waals surface area contributed by atoms with Crippen LogP contribution in [0.3, 0.4) is 0 Å². The van der Waals surface area contributed by atoms with Gasteiger partial charge in [-0.1, -0.05) is 35.9 Å². The first-order valence-corrected chi connectivity index (χ1v) is 6.35. The molecule has 4 heteroatoms. The largest absolute Gasteiger partial charge is 0.434 e. The number of anilines is 1. The number of nitrogens with one attached hydrogen (secondary N) is 1. The molecule has 0 saturated carbocycles. The maximum Gasteiger partial charge on any atom is 0.340 e. The molecule has 0 aromatic heterocycles. The Balaban J connectivity index is 1.89. The zero-order chi connectivity index (χ0) is 13.4. The second-order valence-corrected chi connectivity index (χ2v) is 4.89. The van der Waals surface area contributed by atoms with Crippen molar-refractivity contribution in [1.82, 2.24) is 0 Å². The third kappa shape index (κ3) is 2.17. The average molecular weight is 274 g/mol. The number of carbonyl (C=O) groups is 1. The molecule has 1 N–H and O–H groups in total. The molecular weight excluding hydrogens is 262 g/mol. The lowest BCUT2D eigenvalue weighted by molar-refractivity contribution is 0.0437. The molecule has 2 aromatic carbocycles. The van der Waals surface area contributed by atoms with Gasteiger partial charge in [0, 0.05) is 16.3 Å². The third-order valence-electron chi connectivity index (χ3n) is 3.16. The fraction of sp³-hybridized carbons (Fsp3) is 0.133. The number of aryl methyl sites for hydroxylation is 1. The lowest BCUT2D eigenvalue weighted by Crippen LogP contribution is -2.10. The van der Waals surface area contributed by atoms with E-state index < -0.39 is 6.23 Å². The van der Waals surface area contributed by atoms with E-state index in [4.69, 9.17) is 16.3 Å². The molecule has 0 radical (unpaired) electrons. The van der Waals surface area contributed by atoms with E-state index in [1.165, 1.54) is 0 Å². The summed E-state index contributed by atoms with van der Waals surface area (Å²) in [6.07, 6.45) is -0.456. The molecule has 0 fully saturated rings. The first-order chi connectivity index (χ1) is 9.15. The highest BCUT2D eigenvalue weighted by atomic mass is 35.5. The second kappa shape index (κ2) is 4.59. The number of carbonyl (C=O) groups excluding carboxylic acids is 1. The van der Waals surface area contributed by atoms with E-state index in [0.717, 1.165) is 16.8 Å². The van der Waals surface area contributed by atoms with Gasteiger partial charge in [0.1, 0.15) is 0 Å². The van der Waals surface area contributed by atoms with Gasteiger partial charge in [0.25, 0.3) is 0 Å². The topological polar surface area (TPSA) is 38.3 Å². The zero-order valence-corrected chi connectivity index (χ0v) is 11.1. The van der Waals surface area contributed by atoms with Gasteiger partial charge in [-0.25, -0.2) is 4.79 Å². The van der Waals surface area contributed by atoms with Gasteiger partial charge in [0.05, 0.1) is 5.56 Å². The molecule has 0 bridgehead atoms. The highest BCUT2D eigenvalue weighted by Gasteiger charge is 2.30. The molecular formula is C15H12ClNO2. The molecule has 1 aliphatic rings. The number of ether oxygens (including phenoxy) is 1. The van der Waals surface area contributed by atoms with Crippen LogP contribution in [-0.2, 0) is 4.74 Å². The number of benzene rings is 2. The molecule has 0 saturated heterocycles. The minimum absolute atomic E-state index is 0.300. The predicted octanol–water partition coefficient (Wildman–Crippen LogP) is 3.93. The van der Waals surface area contributed by atoms with Crippen LogP contribution in [0.1, 0.15) is 27.7 Å². The van der Waals surface area contributed by atoms with Crippen molar-refractivity contribution in [2.24, 2.45) is 0 Å². The SMILES string of the molecule is Cc1ccc(N[C@H]2OC(=O)c3ccccc32)cc1Cl. The first-order valence-electron chi connectivity index (χ1n) is 5.98. The summed E-state index contributed by atoms with van der Waals surface area (Å²) in [5, 5.41) is 3.85. The first kappa shape index (κ1) is 12.1. The summed E-state index contributed by atoms with van der Waals surface area (Å²) < 4.78 is 5.31. The molecule has 0 amide bonds. The van der Waals surface area contributed by atoms with E-state index >= 15 is 0 Å².